The van der Waals surface area contributed by atoms with E-state index in [9.17, 15) is 13.2 Å². The molecular formula is C20H20N4O4S. The number of nitrogens with two attached hydrogens (primary N) is 1. The van der Waals surface area contributed by atoms with Gasteiger partial charge in [0.05, 0.1) is 12.0 Å². The maximum Gasteiger partial charge on any atom is 0.323 e. The third kappa shape index (κ3) is 5.39. The monoisotopic (exact) mass is 412 g/mol. The molecule has 3 rings (SSSR count). The lowest BCUT2D eigenvalue weighted by Crippen LogP contribution is -2.19. The molecule has 29 heavy (non-hydrogen) atoms. The molecule has 5 N–H and O–H groups in total. The second kappa shape index (κ2) is 8.53. The van der Waals surface area contributed by atoms with Crippen molar-refractivity contribution in [1.29, 1.82) is 0 Å². The Morgan fingerprint density at radius 3 is 1.79 bits per heavy atom. The minimum atomic E-state index is -3.76. The molecule has 0 saturated carbocycles. The molecule has 0 radical (unpaired) electrons. The number of anilines is 4. The van der Waals surface area contributed by atoms with E-state index in [1.165, 1.54) is 31.4 Å². The molecule has 0 aliphatic heterocycles. The van der Waals surface area contributed by atoms with Crippen LogP contribution in [-0.2, 0) is 10.0 Å². The minimum Gasteiger partial charge on any atom is -0.497 e. The molecule has 0 aliphatic rings. The SMILES string of the molecule is COc1ccc(NS(=O)(=O)c2ccc(NC(=O)Nc3ccc(N)cc3)cc2)cc1. The molecular weight excluding hydrogens is 392 g/mol. The molecule has 3 aromatic carbocycles. The molecule has 2 amide bonds. The lowest BCUT2D eigenvalue weighted by atomic mass is 10.3. The first kappa shape index (κ1) is 20.0. The number of rotatable bonds is 6. The van der Waals surface area contributed by atoms with Gasteiger partial charge in [0.2, 0.25) is 0 Å². The highest BCUT2D eigenvalue weighted by Gasteiger charge is 2.14. The van der Waals surface area contributed by atoms with Crippen LogP contribution in [0.25, 0.3) is 0 Å². The van der Waals surface area contributed by atoms with E-state index in [2.05, 4.69) is 15.4 Å². The van der Waals surface area contributed by atoms with Gasteiger partial charge in [0, 0.05) is 22.7 Å². The zero-order valence-corrected chi connectivity index (χ0v) is 16.4. The van der Waals surface area contributed by atoms with Crippen molar-refractivity contribution in [3.8, 4) is 5.75 Å². The van der Waals surface area contributed by atoms with Gasteiger partial charge in [-0.15, -0.1) is 0 Å². The van der Waals surface area contributed by atoms with Gasteiger partial charge in [0.1, 0.15) is 5.75 Å². The Kier molecular flexibility index (Phi) is 5.89. The van der Waals surface area contributed by atoms with Crippen molar-refractivity contribution < 1.29 is 17.9 Å². The third-order valence-electron chi connectivity index (χ3n) is 3.93. The molecule has 150 valence electrons. The van der Waals surface area contributed by atoms with Gasteiger partial charge in [-0.1, -0.05) is 0 Å². The lowest BCUT2D eigenvalue weighted by Gasteiger charge is -2.10. The van der Waals surface area contributed by atoms with Crippen molar-refractivity contribution in [2.45, 2.75) is 4.90 Å². The highest BCUT2D eigenvalue weighted by molar-refractivity contribution is 7.92. The number of hydrogen-bond donors (Lipinski definition) is 4. The fourth-order valence-electron chi connectivity index (χ4n) is 2.45. The molecule has 0 heterocycles. The number of urea groups is 1. The first-order valence-electron chi connectivity index (χ1n) is 8.56. The second-order valence-electron chi connectivity index (χ2n) is 6.06. The molecule has 0 atom stereocenters. The molecule has 8 nitrogen and oxygen atoms in total. The number of nitrogen functional groups attached to an aromatic ring is 1. The molecule has 9 heteroatoms. The molecule has 0 bridgehead atoms. The van der Waals surface area contributed by atoms with Crippen LogP contribution in [0.3, 0.4) is 0 Å². The summed E-state index contributed by atoms with van der Waals surface area (Å²) in [6, 6.07) is 18.6. The van der Waals surface area contributed by atoms with Crippen LogP contribution in [0.1, 0.15) is 0 Å². The van der Waals surface area contributed by atoms with Crippen LogP contribution < -0.4 is 25.8 Å². The van der Waals surface area contributed by atoms with Gasteiger partial charge in [-0.05, 0) is 72.8 Å². The molecule has 0 unspecified atom stereocenters. The average molecular weight is 412 g/mol. The number of amides is 2. The van der Waals surface area contributed by atoms with Crippen molar-refractivity contribution in [3.63, 3.8) is 0 Å². The van der Waals surface area contributed by atoms with Gasteiger partial charge in [-0.2, -0.15) is 0 Å². The minimum absolute atomic E-state index is 0.0674. The van der Waals surface area contributed by atoms with Crippen LogP contribution >= 0.6 is 0 Å². The molecule has 0 spiro atoms. The Hall–Kier alpha value is -3.72. The number of carbonyl (C=O) groups excluding carboxylic acids is 1. The fraction of sp³-hybridized carbons (Fsp3) is 0.0500. The van der Waals surface area contributed by atoms with Gasteiger partial charge in [0.25, 0.3) is 10.0 Å². The van der Waals surface area contributed by atoms with Gasteiger partial charge in [-0.3, -0.25) is 4.72 Å². The van der Waals surface area contributed by atoms with E-state index in [1.54, 1.807) is 48.5 Å². The summed E-state index contributed by atoms with van der Waals surface area (Å²) in [5.41, 5.74) is 7.64. The largest absolute Gasteiger partial charge is 0.497 e. The second-order valence-corrected chi connectivity index (χ2v) is 7.74. The number of methoxy groups -OCH3 is 1. The molecule has 0 aromatic heterocycles. The van der Waals surface area contributed by atoms with Crippen LogP contribution in [-0.4, -0.2) is 21.6 Å². The van der Waals surface area contributed by atoms with E-state index in [1.807, 2.05) is 0 Å². The third-order valence-corrected chi connectivity index (χ3v) is 5.33. The molecule has 0 aliphatic carbocycles. The molecule has 3 aromatic rings. The number of nitrogens with one attached hydrogen (secondary N) is 3. The Labute approximate surface area is 168 Å². The first-order valence-corrected chi connectivity index (χ1v) is 10.0. The van der Waals surface area contributed by atoms with Gasteiger partial charge < -0.3 is 21.1 Å². The van der Waals surface area contributed by atoms with Crippen LogP contribution in [0, 0.1) is 0 Å². The van der Waals surface area contributed by atoms with Crippen molar-refractivity contribution >= 4 is 38.8 Å². The summed E-state index contributed by atoms with van der Waals surface area (Å²) < 4.78 is 32.6. The Balaban J connectivity index is 1.63. The number of sulfonamides is 1. The summed E-state index contributed by atoms with van der Waals surface area (Å²) in [5, 5.41) is 5.29. The maximum absolute atomic E-state index is 12.5. The number of hydrogen-bond acceptors (Lipinski definition) is 5. The fourth-order valence-corrected chi connectivity index (χ4v) is 3.51. The normalized spacial score (nSPS) is 10.8. The quantitative estimate of drug-likeness (QED) is 0.460. The van der Waals surface area contributed by atoms with Gasteiger partial charge >= 0.3 is 6.03 Å². The van der Waals surface area contributed by atoms with Crippen LogP contribution in [0.4, 0.5) is 27.5 Å². The summed E-state index contributed by atoms with van der Waals surface area (Å²) in [4.78, 5) is 12.1. The average Bonchev–Trinajstić information content (AvgIpc) is 2.70. The predicted molar refractivity (Wildman–Crippen MR) is 114 cm³/mol. The molecule has 0 fully saturated rings. The van der Waals surface area contributed by atoms with Crippen molar-refractivity contribution in [3.05, 3.63) is 72.8 Å². The van der Waals surface area contributed by atoms with Gasteiger partial charge in [0.15, 0.2) is 0 Å². The first-order chi connectivity index (χ1) is 13.9. The molecule has 0 saturated heterocycles. The Bertz CT molecular complexity index is 1080. The number of carbonyl (C=O) groups is 1. The number of ether oxygens (including phenoxy) is 1. The zero-order valence-electron chi connectivity index (χ0n) is 15.5. The van der Waals surface area contributed by atoms with Crippen molar-refractivity contribution in [2.75, 3.05) is 28.2 Å². The van der Waals surface area contributed by atoms with Crippen molar-refractivity contribution in [1.82, 2.24) is 0 Å². The van der Waals surface area contributed by atoms with Crippen LogP contribution in [0.2, 0.25) is 0 Å². The summed E-state index contributed by atoms with van der Waals surface area (Å²) in [6.45, 7) is 0. The van der Waals surface area contributed by atoms with E-state index in [4.69, 9.17) is 10.5 Å². The predicted octanol–water partition coefficient (Wildman–Crippen LogP) is 3.72. The highest BCUT2D eigenvalue weighted by atomic mass is 32.2. The topological polar surface area (TPSA) is 123 Å². The smallest absolute Gasteiger partial charge is 0.323 e. The summed E-state index contributed by atoms with van der Waals surface area (Å²) in [7, 11) is -2.23. The van der Waals surface area contributed by atoms with Crippen LogP contribution in [0.15, 0.2) is 77.7 Å². The van der Waals surface area contributed by atoms with E-state index in [0.29, 0.717) is 28.5 Å². The van der Waals surface area contributed by atoms with Crippen molar-refractivity contribution in [2.24, 2.45) is 0 Å². The Morgan fingerprint density at radius 1 is 0.793 bits per heavy atom. The highest BCUT2D eigenvalue weighted by Crippen LogP contribution is 2.21. The zero-order chi connectivity index (χ0) is 20.9. The maximum atomic E-state index is 12.5. The lowest BCUT2D eigenvalue weighted by molar-refractivity contribution is 0.262. The van der Waals surface area contributed by atoms with E-state index in [0.717, 1.165) is 0 Å². The summed E-state index contributed by atoms with van der Waals surface area (Å²) in [5.74, 6) is 0.626. The summed E-state index contributed by atoms with van der Waals surface area (Å²) in [6.07, 6.45) is 0. The van der Waals surface area contributed by atoms with E-state index in [-0.39, 0.29) is 4.90 Å². The Morgan fingerprint density at radius 2 is 1.28 bits per heavy atom. The van der Waals surface area contributed by atoms with E-state index < -0.39 is 16.1 Å². The summed E-state index contributed by atoms with van der Waals surface area (Å²) >= 11 is 0. The standard InChI is InChI=1S/C20H20N4O4S/c1-28-18-10-6-17(7-11-18)24-29(26,27)19-12-8-16(9-13-19)23-20(25)22-15-4-2-14(21)3-5-15/h2-13,24H,21H2,1H3,(H2,22,23,25). The van der Waals surface area contributed by atoms with Crippen LogP contribution in [0.5, 0.6) is 5.75 Å². The van der Waals surface area contributed by atoms with E-state index >= 15 is 0 Å². The van der Waals surface area contributed by atoms with Gasteiger partial charge in [-0.25, -0.2) is 13.2 Å². The number of benzene rings is 3.